The number of nitrogens with one attached hydrogen (secondary N) is 1. The predicted octanol–water partition coefficient (Wildman–Crippen LogP) is 3.62. The predicted molar refractivity (Wildman–Crippen MR) is 108 cm³/mol. The van der Waals surface area contributed by atoms with Crippen LogP contribution in [0.2, 0.25) is 0 Å². The molecular formula is C20H16N2O7S. The minimum atomic E-state index is -4.27. The van der Waals surface area contributed by atoms with Gasteiger partial charge in [0.25, 0.3) is 11.6 Å². The van der Waals surface area contributed by atoms with Crippen molar-refractivity contribution in [3.8, 4) is 11.5 Å². The molecular weight excluding hydrogens is 412 g/mol. The van der Waals surface area contributed by atoms with E-state index in [2.05, 4.69) is 5.32 Å². The van der Waals surface area contributed by atoms with E-state index >= 15 is 0 Å². The minimum absolute atomic E-state index is 0.0393. The summed E-state index contributed by atoms with van der Waals surface area (Å²) >= 11 is 0. The highest BCUT2D eigenvalue weighted by Gasteiger charge is 2.20. The maximum absolute atomic E-state index is 12.4. The van der Waals surface area contributed by atoms with Crippen molar-refractivity contribution in [1.29, 1.82) is 0 Å². The summed E-state index contributed by atoms with van der Waals surface area (Å²) < 4.78 is 34.8. The van der Waals surface area contributed by atoms with Crippen molar-refractivity contribution in [3.63, 3.8) is 0 Å². The Balaban J connectivity index is 1.71. The van der Waals surface area contributed by atoms with Crippen LogP contribution in [0.5, 0.6) is 11.5 Å². The first-order valence-electron chi connectivity index (χ1n) is 8.53. The molecule has 0 fully saturated rings. The van der Waals surface area contributed by atoms with E-state index in [-0.39, 0.29) is 21.9 Å². The molecule has 3 rings (SSSR count). The molecule has 10 heteroatoms. The zero-order chi connectivity index (χ0) is 21.7. The molecule has 3 aromatic carbocycles. The highest BCUT2D eigenvalue weighted by Crippen LogP contribution is 2.23. The molecule has 1 N–H and O–H groups in total. The van der Waals surface area contributed by atoms with Crippen molar-refractivity contribution < 1.29 is 27.1 Å². The summed E-state index contributed by atoms with van der Waals surface area (Å²) in [7, 11) is -2.74. The number of non-ortho nitro benzene ring substituents is 1. The minimum Gasteiger partial charge on any atom is -0.497 e. The van der Waals surface area contributed by atoms with Crippen molar-refractivity contribution in [1.82, 2.24) is 0 Å². The van der Waals surface area contributed by atoms with Gasteiger partial charge in [0, 0.05) is 23.4 Å². The summed E-state index contributed by atoms with van der Waals surface area (Å²) in [6.45, 7) is 0. The van der Waals surface area contributed by atoms with E-state index in [4.69, 9.17) is 8.92 Å². The van der Waals surface area contributed by atoms with Crippen LogP contribution in [0, 0.1) is 10.1 Å². The maximum Gasteiger partial charge on any atom is 0.339 e. The van der Waals surface area contributed by atoms with E-state index in [0.717, 1.165) is 6.07 Å². The molecule has 9 nitrogen and oxygen atoms in total. The second-order valence-electron chi connectivity index (χ2n) is 6.00. The number of hydrogen-bond donors (Lipinski definition) is 1. The Kier molecular flexibility index (Phi) is 5.98. The van der Waals surface area contributed by atoms with Crippen LogP contribution >= 0.6 is 0 Å². The molecule has 0 bridgehead atoms. The van der Waals surface area contributed by atoms with Crippen LogP contribution in [0.4, 0.5) is 11.4 Å². The zero-order valence-electron chi connectivity index (χ0n) is 15.6. The number of nitro benzene ring substituents is 1. The second kappa shape index (κ2) is 8.62. The third-order valence-electron chi connectivity index (χ3n) is 3.99. The molecule has 154 valence electrons. The molecule has 0 radical (unpaired) electrons. The lowest BCUT2D eigenvalue weighted by atomic mass is 10.2. The molecule has 1 amide bonds. The van der Waals surface area contributed by atoms with Crippen LogP contribution in [-0.2, 0) is 10.1 Å². The molecule has 0 spiro atoms. The number of carbonyl (C=O) groups is 1. The Labute approximate surface area is 172 Å². The molecule has 0 heterocycles. The van der Waals surface area contributed by atoms with Gasteiger partial charge < -0.3 is 14.2 Å². The fourth-order valence-electron chi connectivity index (χ4n) is 2.47. The van der Waals surface area contributed by atoms with Gasteiger partial charge in [-0.25, -0.2) is 0 Å². The van der Waals surface area contributed by atoms with E-state index < -0.39 is 20.9 Å². The quantitative estimate of drug-likeness (QED) is 0.346. The summed E-state index contributed by atoms with van der Waals surface area (Å²) in [5.41, 5.74) is 0.477. The van der Waals surface area contributed by atoms with E-state index in [0.29, 0.717) is 11.4 Å². The number of amides is 1. The first kappa shape index (κ1) is 20.8. The lowest BCUT2D eigenvalue weighted by Gasteiger charge is -2.09. The smallest absolute Gasteiger partial charge is 0.339 e. The molecule has 30 heavy (non-hydrogen) atoms. The van der Waals surface area contributed by atoms with Crippen LogP contribution in [-0.4, -0.2) is 26.4 Å². The van der Waals surface area contributed by atoms with Crippen molar-refractivity contribution in [2.45, 2.75) is 4.90 Å². The van der Waals surface area contributed by atoms with Gasteiger partial charge in [-0.1, -0.05) is 6.07 Å². The number of benzene rings is 3. The molecule has 0 aliphatic heterocycles. The average molecular weight is 428 g/mol. The fourth-order valence-corrected chi connectivity index (χ4v) is 3.44. The Morgan fingerprint density at radius 2 is 1.60 bits per heavy atom. The number of anilines is 1. The lowest BCUT2D eigenvalue weighted by Crippen LogP contribution is -2.12. The molecule has 0 aliphatic carbocycles. The van der Waals surface area contributed by atoms with Gasteiger partial charge in [0.2, 0.25) is 0 Å². The van der Waals surface area contributed by atoms with Gasteiger partial charge in [0.05, 0.1) is 12.0 Å². The van der Waals surface area contributed by atoms with Crippen LogP contribution < -0.4 is 14.2 Å². The third-order valence-corrected chi connectivity index (χ3v) is 5.23. The van der Waals surface area contributed by atoms with Gasteiger partial charge in [-0.05, 0) is 54.6 Å². The van der Waals surface area contributed by atoms with Gasteiger partial charge in [0.15, 0.2) is 0 Å². The van der Waals surface area contributed by atoms with Crippen LogP contribution in [0.1, 0.15) is 10.4 Å². The summed E-state index contributed by atoms with van der Waals surface area (Å²) in [6.07, 6.45) is 0. The Morgan fingerprint density at radius 3 is 2.20 bits per heavy atom. The van der Waals surface area contributed by atoms with E-state index in [1.165, 1.54) is 49.6 Å². The number of nitro groups is 1. The van der Waals surface area contributed by atoms with Gasteiger partial charge in [-0.2, -0.15) is 8.42 Å². The number of carbonyl (C=O) groups excluding carboxylic acids is 1. The molecule has 0 atom stereocenters. The molecule has 3 aromatic rings. The maximum atomic E-state index is 12.4. The lowest BCUT2D eigenvalue weighted by molar-refractivity contribution is -0.385. The van der Waals surface area contributed by atoms with Crippen LogP contribution in [0.15, 0.2) is 77.7 Å². The number of methoxy groups -OCH3 is 1. The Hall–Kier alpha value is -3.92. The average Bonchev–Trinajstić information content (AvgIpc) is 2.74. The van der Waals surface area contributed by atoms with E-state index in [1.807, 2.05) is 0 Å². The van der Waals surface area contributed by atoms with Crippen molar-refractivity contribution in [3.05, 3.63) is 88.5 Å². The molecule has 0 aliphatic rings. The number of ether oxygens (including phenoxy) is 1. The summed E-state index contributed by atoms with van der Waals surface area (Å²) in [5, 5.41) is 13.5. The van der Waals surface area contributed by atoms with Gasteiger partial charge in [0.1, 0.15) is 16.4 Å². The standard InChI is InChI=1S/C20H16N2O7S/c1-28-17-11-7-15(8-12-17)21-20(23)14-5-9-18(10-6-14)29-30(26,27)19-4-2-3-16(13-19)22(24)25/h2-13H,1H3,(H,21,23). The molecule has 0 saturated heterocycles. The summed E-state index contributed by atoms with van der Waals surface area (Å²) in [6, 6.07) is 16.7. The van der Waals surface area contributed by atoms with Gasteiger partial charge in [-0.3, -0.25) is 14.9 Å². The van der Waals surface area contributed by atoms with E-state index in [9.17, 15) is 23.3 Å². The van der Waals surface area contributed by atoms with E-state index in [1.54, 1.807) is 24.3 Å². The van der Waals surface area contributed by atoms with Crippen molar-refractivity contribution in [2.24, 2.45) is 0 Å². The molecule has 0 unspecified atom stereocenters. The zero-order valence-corrected chi connectivity index (χ0v) is 16.5. The molecule has 0 aromatic heterocycles. The van der Waals surface area contributed by atoms with Crippen LogP contribution in [0.3, 0.4) is 0 Å². The van der Waals surface area contributed by atoms with Crippen molar-refractivity contribution >= 4 is 27.4 Å². The van der Waals surface area contributed by atoms with Crippen molar-refractivity contribution in [2.75, 3.05) is 12.4 Å². The SMILES string of the molecule is COc1ccc(NC(=O)c2ccc(OS(=O)(=O)c3cccc([N+](=O)[O-])c3)cc2)cc1. The molecule has 0 saturated carbocycles. The highest BCUT2D eigenvalue weighted by molar-refractivity contribution is 7.87. The second-order valence-corrected chi connectivity index (χ2v) is 7.55. The monoisotopic (exact) mass is 428 g/mol. The number of rotatable bonds is 7. The number of nitrogens with zero attached hydrogens (tertiary/aromatic N) is 1. The van der Waals surface area contributed by atoms with Gasteiger partial charge >= 0.3 is 10.1 Å². The largest absolute Gasteiger partial charge is 0.497 e. The topological polar surface area (TPSA) is 125 Å². The van der Waals surface area contributed by atoms with Crippen LogP contribution in [0.25, 0.3) is 0 Å². The third kappa shape index (κ3) is 4.92. The Bertz CT molecular complexity index is 1170. The fraction of sp³-hybridized carbons (Fsp3) is 0.0500. The first-order chi connectivity index (χ1) is 14.3. The summed E-state index contributed by atoms with van der Waals surface area (Å²) in [5.74, 6) is 0.218. The number of hydrogen-bond acceptors (Lipinski definition) is 7. The summed E-state index contributed by atoms with van der Waals surface area (Å²) in [4.78, 5) is 22.1. The van der Waals surface area contributed by atoms with Gasteiger partial charge in [-0.15, -0.1) is 0 Å². The normalized spacial score (nSPS) is 10.8. The first-order valence-corrected chi connectivity index (χ1v) is 9.94. The Morgan fingerprint density at radius 1 is 0.967 bits per heavy atom. The highest BCUT2D eigenvalue weighted by atomic mass is 32.2.